The van der Waals surface area contributed by atoms with E-state index in [2.05, 4.69) is 40.1 Å². The van der Waals surface area contributed by atoms with E-state index in [4.69, 9.17) is 11.6 Å². The van der Waals surface area contributed by atoms with Crippen LogP contribution in [0.5, 0.6) is 0 Å². The van der Waals surface area contributed by atoms with Crippen molar-refractivity contribution in [2.75, 3.05) is 32.7 Å². The van der Waals surface area contributed by atoms with Crippen LogP contribution in [0, 0.1) is 5.41 Å². The molecule has 2 aliphatic rings. The minimum absolute atomic E-state index is 0.281. The highest BCUT2D eigenvalue weighted by Crippen LogP contribution is 2.39. The summed E-state index contributed by atoms with van der Waals surface area (Å²) in [6, 6.07) is 18.6. The van der Waals surface area contributed by atoms with Crippen LogP contribution >= 0.6 is 11.6 Å². The van der Waals surface area contributed by atoms with Gasteiger partial charge in [-0.2, -0.15) is 0 Å². The smallest absolute Gasteiger partial charge is 0.222 e. The molecule has 29 heavy (non-hydrogen) atoms. The SMILES string of the molecule is O=C(CCc1ccccc1Cl)N1CCC2(CCCN(CCc3ccccc3)C2)C1. The van der Waals surface area contributed by atoms with E-state index in [0.717, 1.165) is 56.0 Å². The highest BCUT2D eigenvalue weighted by Gasteiger charge is 2.42. The summed E-state index contributed by atoms with van der Waals surface area (Å²) in [6.45, 7) is 5.28. The van der Waals surface area contributed by atoms with Crippen LogP contribution < -0.4 is 0 Å². The molecule has 0 radical (unpaired) electrons. The minimum Gasteiger partial charge on any atom is -0.342 e. The van der Waals surface area contributed by atoms with Crippen molar-refractivity contribution in [3.05, 3.63) is 70.7 Å². The number of hydrogen-bond acceptors (Lipinski definition) is 2. The Balaban J connectivity index is 1.28. The van der Waals surface area contributed by atoms with Crippen molar-refractivity contribution in [3.63, 3.8) is 0 Å². The molecular formula is C25H31ClN2O. The highest BCUT2D eigenvalue weighted by atomic mass is 35.5. The molecule has 0 bridgehead atoms. The van der Waals surface area contributed by atoms with Crippen molar-refractivity contribution in [2.45, 2.75) is 38.5 Å². The van der Waals surface area contributed by atoms with Crippen LogP contribution in [0.3, 0.4) is 0 Å². The monoisotopic (exact) mass is 410 g/mol. The molecule has 4 heteroatoms. The Morgan fingerprint density at radius 1 is 0.931 bits per heavy atom. The summed E-state index contributed by atoms with van der Waals surface area (Å²) in [5.74, 6) is 0.281. The fourth-order valence-corrected chi connectivity index (χ4v) is 5.25. The number of amides is 1. The van der Waals surface area contributed by atoms with Gasteiger partial charge in [0.2, 0.25) is 5.91 Å². The molecule has 1 unspecified atom stereocenters. The van der Waals surface area contributed by atoms with E-state index in [1.54, 1.807) is 0 Å². The lowest BCUT2D eigenvalue weighted by molar-refractivity contribution is -0.130. The van der Waals surface area contributed by atoms with E-state index in [1.807, 2.05) is 24.3 Å². The first-order chi connectivity index (χ1) is 14.1. The lowest BCUT2D eigenvalue weighted by Crippen LogP contribution is -2.46. The quantitative estimate of drug-likeness (QED) is 0.680. The Morgan fingerprint density at radius 2 is 1.72 bits per heavy atom. The summed E-state index contributed by atoms with van der Waals surface area (Å²) < 4.78 is 0. The second-order valence-corrected chi connectivity index (χ2v) is 9.18. The summed E-state index contributed by atoms with van der Waals surface area (Å²) in [6.07, 6.45) is 6.03. The number of nitrogens with zero attached hydrogens (tertiary/aromatic N) is 2. The summed E-state index contributed by atoms with van der Waals surface area (Å²) in [4.78, 5) is 17.5. The molecule has 2 saturated heterocycles. The molecule has 2 heterocycles. The van der Waals surface area contributed by atoms with Gasteiger partial charge in [0.05, 0.1) is 0 Å². The predicted molar refractivity (Wildman–Crippen MR) is 119 cm³/mol. The number of rotatable bonds is 6. The lowest BCUT2D eigenvalue weighted by Gasteiger charge is -2.40. The first-order valence-corrected chi connectivity index (χ1v) is 11.3. The van der Waals surface area contributed by atoms with Crippen molar-refractivity contribution < 1.29 is 4.79 Å². The maximum absolute atomic E-state index is 12.8. The molecule has 2 aliphatic heterocycles. The summed E-state index contributed by atoms with van der Waals surface area (Å²) in [7, 11) is 0. The number of carbonyl (C=O) groups is 1. The zero-order valence-corrected chi connectivity index (χ0v) is 17.9. The number of carbonyl (C=O) groups excluding carboxylic acids is 1. The zero-order valence-electron chi connectivity index (χ0n) is 17.2. The molecule has 4 rings (SSSR count). The number of halogens is 1. The van der Waals surface area contributed by atoms with Crippen LogP contribution in [0.4, 0.5) is 0 Å². The molecule has 0 aromatic heterocycles. The fourth-order valence-electron chi connectivity index (χ4n) is 5.01. The van der Waals surface area contributed by atoms with Crippen molar-refractivity contribution >= 4 is 17.5 Å². The topological polar surface area (TPSA) is 23.6 Å². The standard InChI is InChI=1S/C25H31ClN2O/c26-23-10-5-4-9-22(23)11-12-24(29)28-18-15-25(20-28)14-6-16-27(19-25)17-13-21-7-2-1-3-8-21/h1-5,7-10H,6,11-20H2. The summed E-state index contributed by atoms with van der Waals surface area (Å²) in [5, 5.41) is 0.763. The maximum Gasteiger partial charge on any atom is 0.222 e. The second-order valence-electron chi connectivity index (χ2n) is 8.77. The van der Waals surface area contributed by atoms with Crippen LogP contribution in [0.1, 0.15) is 36.8 Å². The second kappa shape index (κ2) is 9.32. The minimum atomic E-state index is 0.281. The van der Waals surface area contributed by atoms with Gasteiger partial charge in [0.25, 0.3) is 0 Å². The molecule has 1 atom stereocenters. The van der Waals surface area contributed by atoms with Crippen molar-refractivity contribution in [2.24, 2.45) is 5.41 Å². The van der Waals surface area contributed by atoms with Gasteiger partial charge in [0, 0.05) is 43.0 Å². The van der Waals surface area contributed by atoms with Gasteiger partial charge in [0.1, 0.15) is 0 Å². The van der Waals surface area contributed by atoms with Crippen molar-refractivity contribution in [1.82, 2.24) is 9.80 Å². The Morgan fingerprint density at radius 3 is 2.55 bits per heavy atom. The lowest BCUT2D eigenvalue weighted by atomic mass is 9.79. The number of aryl methyl sites for hydroxylation is 1. The molecule has 154 valence electrons. The Bertz CT molecular complexity index is 825. The first-order valence-electron chi connectivity index (χ1n) is 10.9. The van der Waals surface area contributed by atoms with E-state index in [0.29, 0.717) is 11.8 Å². The van der Waals surface area contributed by atoms with Crippen molar-refractivity contribution in [1.29, 1.82) is 0 Å². The van der Waals surface area contributed by atoms with E-state index >= 15 is 0 Å². The van der Waals surface area contributed by atoms with Crippen LogP contribution in [0.2, 0.25) is 5.02 Å². The third kappa shape index (κ3) is 5.21. The van der Waals surface area contributed by atoms with Crippen LogP contribution in [0.25, 0.3) is 0 Å². The number of piperidine rings is 1. The van der Waals surface area contributed by atoms with Gasteiger partial charge < -0.3 is 9.80 Å². The molecule has 1 amide bonds. The molecule has 0 N–H and O–H groups in total. The van der Waals surface area contributed by atoms with Gasteiger partial charge >= 0.3 is 0 Å². The van der Waals surface area contributed by atoms with E-state index in [1.165, 1.54) is 24.9 Å². The molecule has 3 nitrogen and oxygen atoms in total. The van der Waals surface area contributed by atoms with Gasteiger partial charge in [-0.1, -0.05) is 60.1 Å². The largest absolute Gasteiger partial charge is 0.342 e. The molecule has 0 saturated carbocycles. The predicted octanol–water partition coefficient (Wildman–Crippen LogP) is 4.83. The number of likely N-dealkylation sites (tertiary alicyclic amines) is 2. The number of hydrogen-bond donors (Lipinski definition) is 0. The van der Waals surface area contributed by atoms with Crippen LogP contribution in [0.15, 0.2) is 54.6 Å². The van der Waals surface area contributed by atoms with Gasteiger partial charge in [0.15, 0.2) is 0 Å². The van der Waals surface area contributed by atoms with Gasteiger partial charge in [-0.3, -0.25) is 4.79 Å². The molecule has 0 aliphatic carbocycles. The van der Waals surface area contributed by atoms with Crippen molar-refractivity contribution in [3.8, 4) is 0 Å². The van der Waals surface area contributed by atoms with E-state index in [9.17, 15) is 4.79 Å². The molecule has 1 spiro atoms. The molecule has 2 aromatic carbocycles. The number of benzene rings is 2. The third-order valence-corrected chi connectivity index (χ3v) is 7.03. The highest BCUT2D eigenvalue weighted by molar-refractivity contribution is 6.31. The molecular weight excluding hydrogens is 380 g/mol. The van der Waals surface area contributed by atoms with Gasteiger partial charge in [-0.05, 0) is 55.8 Å². The normalized spacial score (nSPS) is 22.3. The van der Waals surface area contributed by atoms with E-state index in [-0.39, 0.29) is 5.91 Å². The summed E-state index contributed by atoms with van der Waals surface area (Å²) >= 11 is 6.24. The van der Waals surface area contributed by atoms with E-state index < -0.39 is 0 Å². The average Bonchev–Trinajstić information content (AvgIpc) is 3.15. The van der Waals surface area contributed by atoms with Crippen LogP contribution in [-0.2, 0) is 17.6 Å². The Kier molecular flexibility index (Phi) is 6.56. The Labute approximate surface area is 179 Å². The third-order valence-electron chi connectivity index (χ3n) is 6.66. The Hall–Kier alpha value is -1.84. The van der Waals surface area contributed by atoms with Gasteiger partial charge in [-0.15, -0.1) is 0 Å². The van der Waals surface area contributed by atoms with Crippen LogP contribution in [-0.4, -0.2) is 48.4 Å². The zero-order chi connectivity index (χ0) is 20.1. The molecule has 2 aromatic rings. The average molecular weight is 411 g/mol. The fraction of sp³-hybridized carbons (Fsp3) is 0.480. The van der Waals surface area contributed by atoms with Gasteiger partial charge in [-0.25, -0.2) is 0 Å². The first kappa shape index (κ1) is 20.4. The molecule has 2 fully saturated rings. The summed E-state index contributed by atoms with van der Waals surface area (Å²) in [5.41, 5.74) is 2.78. The maximum atomic E-state index is 12.8.